The predicted molar refractivity (Wildman–Crippen MR) is 119 cm³/mol. The third-order valence-electron chi connectivity index (χ3n) is 5.43. The molecule has 3 heterocycles. The second-order valence-corrected chi connectivity index (χ2v) is 13.1. The van der Waals surface area contributed by atoms with Gasteiger partial charge in [0.05, 0.1) is 6.04 Å². The molecule has 0 bridgehead atoms. The Morgan fingerprint density at radius 1 is 1.21 bits per heavy atom. The van der Waals surface area contributed by atoms with Gasteiger partial charge < -0.3 is 14.5 Å². The first-order valence-electron chi connectivity index (χ1n) is 10.1. The fraction of sp³-hybridized carbons (Fsp3) is 0.667. The summed E-state index contributed by atoms with van der Waals surface area (Å²) >= 11 is 1.66. The molecule has 1 aromatic rings. The number of thiophene rings is 1. The predicted octanol–water partition coefficient (Wildman–Crippen LogP) is 3.30. The molecule has 2 aliphatic heterocycles. The number of piperazine rings is 1. The lowest BCUT2D eigenvalue weighted by molar-refractivity contribution is -0.141. The standard InChI is InChI=1S/C21H32N2O4S2/c1-15-6-7-18(28-15)17-14-22(20(25)27-21(2,3)4)10-11-23(17)19(24)16-8-12-29(5,26)13-9-16/h6-7,16-17H,5,8-14H2,1-4H3. The summed E-state index contributed by atoms with van der Waals surface area (Å²) in [6.45, 7) is 8.98. The van der Waals surface area contributed by atoms with Gasteiger partial charge in [-0.15, -0.1) is 11.3 Å². The Labute approximate surface area is 178 Å². The number of amides is 2. The molecule has 0 aromatic carbocycles. The molecular formula is C21H32N2O4S2. The van der Waals surface area contributed by atoms with Crippen molar-refractivity contribution in [1.29, 1.82) is 0 Å². The van der Waals surface area contributed by atoms with Gasteiger partial charge in [0.15, 0.2) is 0 Å². The van der Waals surface area contributed by atoms with E-state index in [2.05, 4.69) is 5.87 Å². The smallest absolute Gasteiger partial charge is 0.410 e. The Hall–Kier alpha value is -1.54. The fourth-order valence-electron chi connectivity index (χ4n) is 3.86. The molecule has 3 rings (SSSR count). The van der Waals surface area contributed by atoms with Crippen molar-refractivity contribution in [2.24, 2.45) is 5.92 Å². The number of hydrogen-bond acceptors (Lipinski definition) is 5. The minimum atomic E-state index is -2.02. The van der Waals surface area contributed by atoms with Crippen LogP contribution in [0.4, 0.5) is 4.79 Å². The summed E-state index contributed by atoms with van der Waals surface area (Å²) in [6, 6.07) is 3.93. The number of nitrogens with zero attached hydrogens (tertiary/aromatic N) is 2. The van der Waals surface area contributed by atoms with Crippen LogP contribution in [-0.4, -0.2) is 68.6 Å². The van der Waals surface area contributed by atoms with Gasteiger partial charge in [0.2, 0.25) is 5.91 Å². The topological polar surface area (TPSA) is 66.9 Å². The number of aryl methyl sites for hydroxylation is 1. The third-order valence-corrected chi connectivity index (χ3v) is 8.49. The largest absolute Gasteiger partial charge is 0.444 e. The molecule has 0 spiro atoms. The highest BCUT2D eigenvalue weighted by atomic mass is 32.2. The first-order valence-corrected chi connectivity index (χ1v) is 13.0. The molecule has 29 heavy (non-hydrogen) atoms. The maximum atomic E-state index is 13.3. The van der Waals surface area contributed by atoms with Gasteiger partial charge in [-0.25, -0.2) is 4.79 Å². The maximum Gasteiger partial charge on any atom is 0.410 e. The molecular weight excluding hydrogens is 408 g/mol. The molecule has 2 fully saturated rings. The van der Waals surface area contributed by atoms with Crippen LogP contribution in [0.5, 0.6) is 0 Å². The van der Waals surface area contributed by atoms with Crippen LogP contribution in [0, 0.1) is 12.8 Å². The Bertz CT molecular complexity index is 855. The van der Waals surface area contributed by atoms with Crippen LogP contribution < -0.4 is 0 Å². The minimum absolute atomic E-state index is 0.108. The third kappa shape index (κ3) is 5.54. The van der Waals surface area contributed by atoms with Crippen LogP contribution in [0.1, 0.15) is 49.4 Å². The van der Waals surface area contributed by atoms with E-state index < -0.39 is 15.1 Å². The fourth-order valence-corrected chi connectivity index (χ4v) is 6.47. The van der Waals surface area contributed by atoms with E-state index in [-0.39, 0.29) is 24.0 Å². The summed E-state index contributed by atoms with van der Waals surface area (Å²) in [6.07, 6.45) is 0.921. The molecule has 0 aliphatic carbocycles. The van der Waals surface area contributed by atoms with Crippen molar-refractivity contribution < 1.29 is 18.5 Å². The van der Waals surface area contributed by atoms with E-state index in [1.54, 1.807) is 16.2 Å². The van der Waals surface area contributed by atoms with E-state index in [0.717, 1.165) is 4.88 Å². The normalized spacial score (nSPS) is 28.3. The van der Waals surface area contributed by atoms with Gasteiger partial charge >= 0.3 is 6.09 Å². The molecule has 1 atom stereocenters. The first kappa shape index (κ1) is 22.2. The second kappa shape index (κ2) is 8.30. The number of ether oxygens (including phenoxy) is 1. The van der Waals surface area contributed by atoms with Crippen LogP contribution in [-0.2, 0) is 19.1 Å². The van der Waals surface area contributed by atoms with Crippen LogP contribution in [0.3, 0.4) is 0 Å². The Balaban J connectivity index is 1.78. The van der Waals surface area contributed by atoms with Gasteiger partial charge in [0.1, 0.15) is 5.60 Å². The summed E-state index contributed by atoms with van der Waals surface area (Å²) < 4.78 is 17.7. The average molecular weight is 441 g/mol. The zero-order valence-corrected chi connectivity index (χ0v) is 19.4. The van der Waals surface area contributed by atoms with Gasteiger partial charge in [0.25, 0.3) is 0 Å². The molecule has 6 nitrogen and oxygen atoms in total. The molecule has 0 saturated carbocycles. The summed E-state index contributed by atoms with van der Waals surface area (Å²) in [5, 5.41) is 0. The molecule has 2 saturated heterocycles. The highest BCUT2D eigenvalue weighted by molar-refractivity contribution is 8.00. The molecule has 2 aliphatic rings. The van der Waals surface area contributed by atoms with E-state index >= 15 is 0 Å². The Morgan fingerprint density at radius 2 is 1.86 bits per heavy atom. The highest BCUT2D eigenvalue weighted by Crippen LogP contribution is 2.34. The maximum absolute atomic E-state index is 13.3. The summed E-state index contributed by atoms with van der Waals surface area (Å²) in [5.74, 6) is 4.84. The van der Waals surface area contributed by atoms with Crippen molar-refractivity contribution in [2.75, 3.05) is 31.1 Å². The van der Waals surface area contributed by atoms with Crippen LogP contribution in [0.15, 0.2) is 12.1 Å². The minimum Gasteiger partial charge on any atom is -0.444 e. The monoisotopic (exact) mass is 440 g/mol. The van der Waals surface area contributed by atoms with Gasteiger partial charge in [0, 0.05) is 46.8 Å². The second-order valence-electron chi connectivity index (χ2n) is 9.07. The molecule has 0 radical (unpaired) electrons. The van der Waals surface area contributed by atoms with E-state index in [9.17, 15) is 13.8 Å². The number of carbonyl (C=O) groups excluding carboxylic acids is 2. The van der Waals surface area contributed by atoms with E-state index in [0.29, 0.717) is 44.0 Å². The zero-order chi connectivity index (χ0) is 21.4. The zero-order valence-electron chi connectivity index (χ0n) is 17.8. The molecule has 162 valence electrons. The Morgan fingerprint density at radius 3 is 2.41 bits per heavy atom. The van der Waals surface area contributed by atoms with Crippen molar-refractivity contribution >= 4 is 38.7 Å². The van der Waals surface area contributed by atoms with Crippen molar-refractivity contribution in [3.8, 4) is 0 Å². The number of carbonyl (C=O) groups is 2. The van der Waals surface area contributed by atoms with Gasteiger partial charge in [-0.2, -0.15) is 0 Å². The lowest BCUT2D eigenvalue weighted by atomic mass is 9.98. The summed E-state index contributed by atoms with van der Waals surface area (Å²) in [4.78, 5) is 31.8. The van der Waals surface area contributed by atoms with E-state index in [4.69, 9.17) is 4.74 Å². The molecule has 8 heteroatoms. The van der Waals surface area contributed by atoms with Crippen LogP contribution >= 0.6 is 11.3 Å². The number of hydrogen-bond donors (Lipinski definition) is 0. The molecule has 1 aromatic heterocycles. The van der Waals surface area contributed by atoms with Gasteiger partial charge in [-0.1, -0.05) is 0 Å². The first-order chi connectivity index (χ1) is 13.5. The Kier molecular flexibility index (Phi) is 6.34. The van der Waals surface area contributed by atoms with Crippen molar-refractivity contribution in [2.45, 2.75) is 52.2 Å². The summed E-state index contributed by atoms with van der Waals surface area (Å²) in [7, 11) is -2.02. The lowest BCUT2D eigenvalue weighted by Gasteiger charge is -2.43. The van der Waals surface area contributed by atoms with E-state index in [1.165, 1.54) is 4.88 Å². The van der Waals surface area contributed by atoms with Crippen molar-refractivity contribution in [1.82, 2.24) is 9.80 Å². The van der Waals surface area contributed by atoms with E-state index in [1.807, 2.05) is 44.7 Å². The van der Waals surface area contributed by atoms with Gasteiger partial charge in [-0.3, -0.25) is 9.00 Å². The van der Waals surface area contributed by atoms with Gasteiger partial charge in [-0.05, 0) is 68.1 Å². The highest BCUT2D eigenvalue weighted by Gasteiger charge is 2.39. The van der Waals surface area contributed by atoms with Crippen LogP contribution in [0.2, 0.25) is 0 Å². The van der Waals surface area contributed by atoms with Crippen molar-refractivity contribution in [3.63, 3.8) is 0 Å². The lowest BCUT2D eigenvalue weighted by Crippen LogP contribution is -2.54. The van der Waals surface area contributed by atoms with Crippen molar-refractivity contribution in [3.05, 3.63) is 21.9 Å². The SMILES string of the molecule is C=S1(=O)CCC(C(=O)N2CCN(C(=O)OC(C)(C)C)CC2c2ccc(C)s2)CC1. The average Bonchev–Trinajstić information content (AvgIpc) is 3.05. The quantitative estimate of drug-likeness (QED) is 0.662. The molecule has 1 unspecified atom stereocenters. The number of rotatable bonds is 2. The molecule has 2 amide bonds. The molecule has 0 N–H and O–H groups in total. The summed E-state index contributed by atoms with van der Waals surface area (Å²) in [5.41, 5.74) is -0.553. The van der Waals surface area contributed by atoms with Crippen LogP contribution in [0.25, 0.3) is 0 Å².